The molecule has 13 aromatic carbocycles. The molecule has 0 saturated heterocycles. The monoisotopic (exact) mass is 989 g/mol. The van der Waals surface area contributed by atoms with Gasteiger partial charge in [-0.1, -0.05) is 231 Å². The van der Waals surface area contributed by atoms with Crippen molar-refractivity contribution in [1.82, 2.24) is 4.57 Å². The average Bonchev–Trinajstić information content (AvgIpc) is 3.33. The Morgan fingerprint density at radius 3 is 1.00 bits per heavy atom. The molecule has 0 amide bonds. The summed E-state index contributed by atoms with van der Waals surface area (Å²) in [6.45, 7) is -0.118. The third-order valence-electron chi connectivity index (χ3n) is 16.5. The van der Waals surface area contributed by atoms with Gasteiger partial charge in [-0.15, -0.1) is 0 Å². The van der Waals surface area contributed by atoms with Gasteiger partial charge in [0.15, 0.2) is 0 Å². The minimum Gasteiger partial charge on any atom is -0.311 e. The molecule has 78 heavy (non-hydrogen) atoms. The second-order valence-electron chi connectivity index (χ2n) is 20.8. The molecule has 0 atom stereocenters. The Kier molecular flexibility index (Phi) is 10.0. The van der Waals surface area contributed by atoms with Crippen molar-refractivity contribution in [3.05, 3.63) is 291 Å². The molecule has 0 bridgehead atoms. The van der Waals surface area contributed by atoms with Gasteiger partial charge in [0.2, 0.25) is 0 Å². The molecule has 3 nitrogen and oxygen atoms in total. The van der Waals surface area contributed by atoms with Crippen molar-refractivity contribution in [2.45, 2.75) is 0 Å². The zero-order chi connectivity index (χ0) is 51.3. The number of benzene rings is 13. The SMILES string of the molecule is c1ccc(-c2ccc(N3c4ccc(-c5ccccc5)cc4B4c5cc(-c6ccccc6)ccc5N(c5ccc(-c6ccccc6)cc5)c5cc(-n6c7ccc8ccccc8c7c7c8ccccc8ccc76)cc3c54)cc2)cc1. The highest BCUT2D eigenvalue weighted by Crippen LogP contribution is 2.49. The van der Waals surface area contributed by atoms with Crippen LogP contribution in [0.4, 0.5) is 34.1 Å². The molecule has 16 rings (SSSR count). The van der Waals surface area contributed by atoms with Gasteiger partial charge in [-0.05, 0) is 143 Å². The maximum absolute atomic E-state index is 2.55. The number of hydrogen-bond donors (Lipinski definition) is 0. The smallest absolute Gasteiger partial charge is 0.252 e. The van der Waals surface area contributed by atoms with Crippen molar-refractivity contribution in [2.24, 2.45) is 0 Å². The second kappa shape index (κ2) is 17.7. The minimum atomic E-state index is -0.118. The van der Waals surface area contributed by atoms with Crippen LogP contribution >= 0.6 is 0 Å². The van der Waals surface area contributed by atoms with Crippen molar-refractivity contribution in [2.75, 3.05) is 9.80 Å². The summed E-state index contributed by atoms with van der Waals surface area (Å²) in [5, 5.41) is 7.50. The first kappa shape index (κ1) is 44.2. The predicted octanol–water partition coefficient (Wildman–Crippen LogP) is 17.8. The number of fused-ring (bicyclic) bond motifs is 11. The summed E-state index contributed by atoms with van der Waals surface area (Å²) in [5.41, 5.74) is 23.6. The Hall–Kier alpha value is -10.2. The zero-order valence-corrected chi connectivity index (χ0v) is 42.6. The molecule has 14 aromatic rings. The van der Waals surface area contributed by atoms with Crippen molar-refractivity contribution < 1.29 is 0 Å². The number of anilines is 6. The highest BCUT2D eigenvalue weighted by atomic mass is 15.2. The van der Waals surface area contributed by atoms with Gasteiger partial charge in [0, 0.05) is 44.9 Å². The molecule has 362 valence electrons. The minimum absolute atomic E-state index is 0.118. The largest absolute Gasteiger partial charge is 0.311 e. The van der Waals surface area contributed by atoms with Crippen molar-refractivity contribution in [3.63, 3.8) is 0 Å². The van der Waals surface area contributed by atoms with Crippen LogP contribution in [0.1, 0.15) is 0 Å². The van der Waals surface area contributed by atoms with Crippen LogP contribution in [0.5, 0.6) is 0 Å². The van der Waals surface area contributed by atoms with E-state index in [1.165, 1.54) is 116 Å². The molecule has 4 heteroatoms. The lowest BCUT2D eigenvalue weighted by molar-refractivity contribution is 1.16. The predicted molar refractivity (Wildman–Crippen MR) is 332 cm³/mol. The highest BCUT2D eigenvalue weighted by molar-refractivity contribution is 7.00. The fourth-order valence-electron chi connectivity index (χ4n) is 13.0. The summed E-state index contributed by atoms with van der Waals surface area (Å²) in [6, 6.07) is 108. The van der Waals surface area contributed by atoms with Gasteiger partial charge in [-0.25, -0.2) is 0 Å². The average molecular weight is 990 g/mol. The van der Waals surface area contributed by atoms with Gasteiger partial charge in [0.05, 0.1) is 16.7 Å². The maximum Gasteiger partial charge on any atom is 0.252 e. The number of aromatic nitrogens is 1. The lowest BCUT2D eigenvalue weighted by Gasteiger charge is -2.44. The van der Waals surface area contributed by atoms with Crippen LogP contribution in [0, 0.1) is 0 Å². The van der Waals surface area contributed by atoms with Crippen molar-refractivity contribution in [1.29, 1.82) is 0 Å². The van der Waals surface area contributed by atoms with E-state index in [2.05, 4.69) is 306 Å². The van der Waals surface area contributed by atoms with Gasteiger partial charge in [-0.2, -0.15) is 0 Å². The maximum atomic E-state index is 2.55. The van der Waals surface area contributed by atoms with Crippen LogP contribution in [-0.4, -0.2) is 11.3 Å². The molecule has 2 aliphatic rings. The molecule has 0 unspecified atom stereocenters. The van der Waals surface area contributed by atoms with Crippen LogP contribution < -0.4 is 26.2 Å². The Morgan fingerprint density at radius 2 is 0.590 bits per heavy atom. The van der Waals surface area contributed by atoms with Crippen molar-refractivity contribution >= 4 is 101 Å². The summed E-state index contributed by atoms with van der Waals surface area (Å²) in [5.74, 6) is 0. The fraction of sp³-hybridized carbons (Fsp3) is 0. The lowest BCUT2D eigenvalue weighted by Crippen LogP contribution is -2.61. The molecular formula is C74H48BN3. The van der Waals surface area contributed by atoms with Gasteiger partial charge in [-0.3, -0.25) is 0 Å². The van der Waals surface area contributed by atoms with E-state index < -0.39 is 0 Å². The molecule has 1 aromatic heterocycles. The summed E-state index contributed by atoms with van der Waals surface area (Å²) in [4.78, 5) is 5.11. The first-order valence-electron chi connectivity index (χ1n) is 27.0. The second-order valence-corrected chi connectivity index (χ2v) is 20.8. The zero-order valence-electron chi connectivity index (χ0n) is 42.6. The molecule has 0 fully saturated rings. The summed E-state index contributed by atoms with van der Waals surface area (Å²) in [7, 11) is 0. The van der Waals surface area contributed by atoms with Crippen LogP contribution in [0.15, 0.2) is 291 Å². The molecule has 2 aliphatic heterocycles. The van der Waals surface area contributed by atoms with Crippen LogP contribution in [0.2, 0.25) is 0 Å². The molecule has 0 spiro atoms. The standard InChI is InChI=1S/C74H48BN3/c1-5-17-49(18-6-1)53-29-37-59(38-30-53)76-66-41-35-57(51-21-9-3-10-22-51)45-64(66)75-65-46-58(52-23-11-4-12-24-52)36-42-67(65)77(60-39-31-54(32-40-60)50-19-7-2-8-20-50)71-48-61(47-70(76)74(71)75)78-68-43-33-55-25-13-15-27-62(55)72(68)73-63-28-16-14-26-56(63)34-44-69(73)78/h1-48H. The fourth-order valence-corrected chi connectivity index (χ4v) is 13.0. The third-order valence-corrected chi connectivity index (χ3v) is 16.5. The first-order chi connectivity index (χ1) is 38.7. The van der Waals surface area contributed by atoms with Gasteiger partial charge in [0.25, 0.3) is 6.71 Å². The summed E-state index contributed by atoms with van der Waals surface area (Å²) in [6.07, 6.45) is 0. The number of nitrogens with zero attached hydrogens (tertiary/aromatic N) is 3. The Balaban J connectivity index is 1.03. The van der Waals surface area contributed by atoms with Gasteiger partial charge < -0.3 is 14.4 Å². The Labute approximate surface area is 453 Å². The molecule has 3 heterocycles. The van der Waals surface area contributed by atoms with E-state index in [0.29, 0.717) is 0 Å². The normalized spacial score (nSPS) is 12.5. The van der Waals surface area contributed by atoms with E-state index in [9.17, 15) is 0 Å². The van der Waals surface area contributed by atoms with E-state index in [1.807, 2.05) is 0 Å². The molecule has 0 saturated carbocycles. The molecular weight excluding hydrogens is 942 g/mol. The van der Waals surface area contributed by atoms with Crippen LogP contribution in [0.25, 0.3) is 93.5 Å². The third kappa shape index (κ3) is 6.93. The lowest BCUT2D eigenvalue weighted by atomic mass is 9.33. The van der Waals surface area contributed by atoms with Gasteiger partial charge >= 0.3 is 0 Å². The van der Waals surface area contributed by atoms with E-state index in [4.69, 9.17) is 0 Å². The van der Waals surface area contributed by atoms with E-state index in [0.717, 1.165) is 28.4 Å². The molecule has 0 radical (unpaired) electrons. The summed E-state index contributed by atoms with van der Waals surface area (Å²) >= 11 is 0. The van der Waals surface area contributed by atoms with Crippen LogP contribution in [0.3, 0.4) is 0 Å². The van der Waals surface area contributed by atoms with E-state index in [1.54, 1.807) is 0 Å². The van der Waals surface area contributed by atoms with E-state index >= 15 is 0 Å². The Morgan fingerprint density at radius 1 is 0.244 bits per heavy atom. The van der Waals surface area contributed by atoms with Gasteiger partial charge in [0.1, 0.15) is 0 Å². The topological polar surface area (TPSA) is 11.4 Å². The number of hydrogen-bond acceptors (Lipinski definition) is 2. The highest BCUT2D eigenvalue weighted by Gasteiger charge is 2.44. The first-order valence-corrected chi connectivity index (χ1v) is 27.0. The Bertz CT molecular complexity index is 4360. The number of rotatable bonds is 7. The van der Waals surface area contributed by atoms with Crippen molar-refractivity contribution in [3.8, 4) is 50.2 Å². The summed E-state index contributed by atoms with van der Waals surface area (Å²) < 4.78 is 2.55. The van der Waals surface area contributed by atoms with Crippen LogP contribution in [-0.2, 0) is 0 Å². The molecule has 0 N–H and O–H groups in total. The van der Waals surface area contributed by atoms with E-state index in [-0.39, 0.29) is 6.71 Å². The quantitative estimate of drug-likeness (QED) is 0.147. The molecule has 0 aliphatic carbocycles.